The number of hydrogen-bond acceptors (Lipinski definition) is 4. The highest BCUT2D eigenvalue weighted by atomic mass is 35.5. The Morgan fingerprint density at radius 3 is 2.75 bits per heavy atom. The van der Waals surface area contributed by atoms with Crippen LogP contribution >= 0.6 is 11.6 Å². The summed E-state index contributed by atoms with van der Waals surface area (Å²) in [7, 11) is 0. The van der Waals surface area contributed by atoms with Crippen molar-refractivity contribution >= 4 is 17.3 Å². The van der Waals surface area contributed by atoms with E-state index in [1.54, 1.807) is 12.1 Å². The molecule has 5 nitrogen and oxygen atoms in total. The summed E-state index contributed by atoms with van der Waals surface area (Å²) < 4.78 is 18.7. The molecule has 104 valence electrons. The highest BCUT2D eigenvalue weighted by Gasteiger charge is 2.19. The van der Waals surface area contributed by atoms with Gasteiger partial charge in [0.2, 0.25) is 5.75 Å². The molecule has 0 spiro atoms. The van der Waals surface area contributed by atoms with Gasteiger partial charge in [0.15, 0.2) is 0 Å². The summed E-state index contributed by atoms with van der Waals surface area (Å²) in [6, 6.07) is 8.04. The van der Waals surface area contributed by atoms with Crippen molar-refractivity contribution in [3.63, 3.8) is 0 Å². The van der Waals surface area contributed by atoms with Gasteiger partial charge in [0.25, 0.3) is 0 Å². The highest BCUT2D eigenvalue weighted by molar-refractivity contribution is 6.31. The van der Waals surface area contributed by atoms with Crippen LogP contribution in [0, 0.1) is 15.9 Å². The lowest BCUT2D eigenvalue weighted by atomic mass is 10.2. The third-order valence-electron chi connectivity index (χ3n) is 2.51. The topological polar surface area (TPSA) is 72.6 Å². The largest absolute Gasteiger partial charge is 0.450 e. The average molecular weight is 298 g/mol. The Balaban J connectivity index is 2.41. The summed E-state index contributed by atoms with van der Waals surface area (Å²) >= 11 is 5.51. The van der Waals surface area contributed by atoms with E-state index < -0.39 is 16.4 Å². The van der Waals surface area contributed by atoms with Crippen LogP contribution in [0.1, 0.15) is 5.56 Å². The second-order valence-electron chi connectivity index (χ2n) is 3.90. The van der Waals surface area contributed by atoms with Gasteiger partial charge >= 0.3 is 5.69 Å². The van der Waals surface area contributed by atoms with Gasteiger partial charge in [0.05, 0.1) is 16.6 Å². The molecule has 1 N–H and O–H groups in total. The Morgan fingerprint density at radius 2 is 2.10 bits per heavy atom. The molecular weight excluding hydrogens is 289 g/mol. The summed E-state index contributed by atoms with van der Waals surface area (Å²) in [6.07, 6.45) is 0. The van der Waals surface area contributed by atoms with Gasteiger partial charge < -0.3 is 9.84 Å². The number of ether oxygens (including phenoxy) is 1. The molecule has 0 aliphatic rings. The van der Waals surface area contributed by atoms with Gasteiger partial charge in [-0.3, -0.25) is 10.1 Å². The molecule has 20 heavy (non-hydrogen) atoms. The van der Waals surface area contributed by atoms with Crippen LogP contribution in [0.2, 0.25) is 5.02 Å². The van der Waals surface area contributed by atoms with Crippen molar-refractivity contribution < 1.29 is 19.2 Å². The fourth-order valence-corrected chi connectivity index (χ4v) is 1.73. The highest BCUT2D eigenvalue weighted by Crippen LogP contribution is 2.35. The number of aliphatic hydroxyl groups is 1. The van der Waals surface area contributed by atoms with E-state index in [0.717, 1.165) is 12.1 Å². The summed E-state index contributed by atoms with van der Waals surface area (Å²) in [4.78, 5) is 10.2. The van der Waals surface area contributed by atoms with Crippen LogP contribution in [-0.2, 0) is 6.61 Å². The predicted octanol–water partition coefficient (Wildman–Crippen LogP) is 3.67. The molecule has 0 heterocycles. The van der Waals surface area contributed by atoms with Crippen LogP contribution in [0.15, 0.2) is 36.4 Å². The van der Waals surface area contributed by atoms with Gasteiger partial charge in [0, 0.05) is 12.1 Å². The summed E-state index contributed by atoms with van der Waals surface area (Å²) in [5, 5.41) is 19.6. The molecule has 0 aliphatic heterocycles. The quantitative estimate of drug-likeness (QED) is 0.690. The standard InChI is InChI=1S/C13H9ClFNO4/c14-10-5-12(16(18)19)13(6-11(10)15)20-9-3-1-2-8(4-9)7-17/h1-6,17H,7H2. The van der Waals surface area contributed by atoms with E-state index in [9.17, 15) is 14.5 Å². The number of halogens is 2. The first-order valence-corrected chi connectivity index (χ1v) is 5.90. The summed E-state index contributed by atoms with van der Waals surface area (Å²) in [6.45, 7) is -0.200. The van der Waals surface area contributed by atoms with Gasteiger partial charge in [-0.2, -0.15) is 0 Å². The van der Waals surface area contributed by atoms with E-state index in [-0.39, 0.29) is 23.1 Å². The average Bonchev–Trinajstić information content (AvgIpc) is 2.42. The van der Waals surface area contributed by atoms with Crippen LogP contribution in [-0.4, -0.2) is 10.0 Å². The zero-order chi connectivity index (χ0) is 14.7. The number of nitro groups is 1. The Kier molecular flexibility index (Phi) is 4.16. The smallest absolute Gasteiger partial charge is 0.313 e. The molecule has 2 aromatic rings. The Labute approximate surface area is 118 Å². The Hall–Kier alpha value is -2.18. The van der Waals surface area contributed by atoms with Crippen molar-refractivity contribution in [1.82, 2.24) is 0 Å². The minimum atomic E-state index is -0.814. The lowest BCUT2D eigenvalue weighted by Crippen LogP contribution is -1.95. The first-order valence-electron chi connectivity index (χ1n) is 5.52. The van der Waals surface area contributed by atoms with E-state index in [1.165, 1.54) is 12.1 Å². The molecule has 0 aliphatic carbocycles. The fraction of sp³-hybridized carbons (Fsp3) is 0.0769. The summed E-state index contributed by atoms with van der Waals surface area (Å²) in [5.74, 6) is -0.820. The van der Waals surface area contributed by atoms with Gasteiger partial charge in [-0.25, -0.2) is 4.39 Å². The van der Waals surface area contributed by atoms with Gasteiger partial charge in [-0.1, -0.05) is 23.7 Å². The maximum atomic E-state index is 13.4. The maximum absolute atomic E-state index is 13.4. The second kappa shape index (κ2) is 5.85. The molecule has 0 saturated carbocycles. The van der Waals surface area contributed by atoms with E-state index in [4.69, 9.17) is 21.4 Å². The predicted molar refractivity (Wildman–Crippen MR) is 70.5 cm³/mol. The van der Waals surface area contributed by atoms with E-state index in [0.29, 0.717) is 5.56 Å². The number of aliphatic hydroxyl groups excluding tert-OH is 1. The monoisotopic (exact) mass is 297 g/mol. The molecular formula is C13H9ClFNO4. The minimum Gasteiger partial charge on any atom is -0.450 e. The third-order valence-corrected chi connectivity index (χ3v) is 2.80. The normalized spacial score (nSPS) is 10.3. The van der Waals surface area contributed by atoms with Crippen molar-refractivity contribution in [2.45, 2.75) is 6.61 Å². The number of nitro benzene ring substituents is 1. The molecule has 2 rings (SSSR count). The molecule has 0 radical (unpaired) electrons. The molecule has 0 unspecified atom stereocenters. The van der Waals surface area contributed by atoms with Crippen LogP contribution < -0.4 is 4.74 Å². The van der Waals surface area contributed by atoms with Crippen molar-refractivity contribution in [3.05, 3.63) is 62.9 Å². The zero-order valence-electron chi connectivity index (χ0n) is 10.0. The molecule has 0 fully saturated rings. The molecule has 7 heteroatoms. The van der Waals surface area contributed by atoms with Crippen molar-refractivity contribution in [2.75, 3.05) is 0 Å². The molecule has 0 amide bonds. The number of benzene rings is 2. The fourth-order valence-electron chi connectivity index (χ4n) is 1.58. The molecule has 0 aromatic heterocycles. The molecule has 2 aromatic carbocycles. The molecule has 0 saturated heterocycles. The first kappa shape index (κ1) is 14.2. The van der Waals surface area contributed by atoms with Crippen LogP contribution in [0.4, 0.5) is 10.1 Å². The van der Waals surface area contributed by atoms with Crippen molar-refractivity contribution in [3.8, 4) is 11.5 Å². The van der Waals surface area contributed by atoms with E-state index in [2.05, 4.69) is 0 Å². The van der Waals surface area contributed by atoms with Crippen molar-refractivity contribution in [2.24, 2.45) is 0 Å². The van der Waals surface area contributed by atoms with Gasteiger partial charge in [-0.05, 0) is 17.7 Å². The van der Waals surface area contributed by atoms with Crippen molar-refractivity contribution in [1.29, 1.82) is 0 Å². The lowest BCUT2D eigenvalue weighted by Gasteiger charge is -2.08. The first-order chi connectivity index (χ1) is 9.51. The van der Waals surface area contributed by atoms with E-state index in [1.807, 2.05) is 0 Å². The van der Waals surface area contributed by atoms with Crippen LogP contribution in [0.25, 0.3) is 0 Å². The van der Waals surface area contributed by atoms with E-state index >= 15 is 0 Å². The molecule has 0 atom stereocenters. The van der Waals surface area contributed by atoms with Crippen LogP contribution in [0.5, 0.6) is 11.5 Å². The lowest BCUT2D eigenvalue weighted by molar-refractivity contribution is -0.385. The number of rotatable bonds is 4. The SMILES string of the molecule is O=[N+]([O-])c1cc(Cl)c(F)cc1Oc1cccc(CO)c1. The maximum Gasteiger partial charge on any atom is 0.313 e. The second-order valence-corrected chi connectivity index (χ2v) is 4.31. The number of nitrogens with zero attached hydrogens (tertiary/aromatic N) is 1. The number of hydrogen-bond donors (Lipinski definition) is 1. The van der Waals surface area contributed by atoms with Crippen LogP contribution in [0.3, 0.4) is 0 Å². The molecule has 0 bridgehead atoms. The van der Waals surface area contributed by atoms with Gasteiger partial charge in [0.1, 0.15) is 11.6 Å². The third kappa shape index (κ3) is 3.04. The Morgan fingerprint density at radius 1 is 1.35 bits per heavy atom. The summed E-state index contributed by atoms with van der Waals surface area (Å²) in [5.41, 5.74) is 0.130. The zero-order valence-corrected chi connectivity index (χ0v) is 10.8. The minimum absolute atomic E-state index is 0.200. The Bertz CT molecular complexity index is 663. The van der Waals surface area contributed by atoms with Gasteiger partial charge in [-0.15, -0.1) is 0 Å².